The summed E-state index contributed by atoms with van der Waals surface area (Å²) in [5.74, 6) is 0.313. The van der Waals surface area contributed by atoms with Crippen LogP contribution in [0.2, 0.25) is 0 Å². The zero-order valence-electron chi connectivity index (χ0n) is 18.0. The van der Waals surface area contributed by atoms with E-state index in [1.165, 1.54) is 11.3 Å². The third-order valence-electron chi connectivity index (χ3n) is 5.07. The van der Waals surface area contributed by atoms with Crippen molar-refractivity contribution in [3.05, 3.63) is 101 Å². The van der Waals surface area contributed by atoms with Gasteiger partial charge in [-0.1, -0.05) is 48.5 Å². The maximum absolute atomic E-state index is 12.8. The van der Waals surface area contributed by atoms with Gasteiger partial charge in [-0.2, -0.15) is 0 Å². The molecule has 1 atom stereocenters. The second-order valence-corrected chi connectivity index (χ2v) is 8.18. The Kier molecular flexibility index (Phi) is 7.12. The number of methoxy groups -OCH3 is 1. The maximum atomic E-state index is 12.8. The average Bonchev–Trinajstić information content (AvgIpc) is 3.33. The van der Waals surface area contributed by atoms with Gasteiger partial charge in [0.15, 0.2) is 5.13 Å². The Morgan fingerprint density at radius 2 is 1.61 bits per heavy atom. The molecule has 0 fully saturated rings. The molecule has 3 aromatic carbocycles. The van der Waals surface area contributed by atoms with Crippen molar-refractivity contribution in [2.45, 2.75) is 12.5 Å². The molecule has 6 nitrogen and oxygen atoms in total. The van der Waals surface area contributed by atoms with Crippen LogP contribution >= 0.6 is 11.3 Å². The van der Waals surface area contributed by atoms with Crippen molar-refractivity contribution in [3.63, 3.8) is 0 Å². The molecule has 0 unspecified atom stereocenters. The van der Waals surface area contributed by atoms with Crippen LogP contribution in [0.15, 0.2) is 90.3 Å². The molecular formula is C26H23N3O3S. The van der Waals surface area contributed by atoms with E-state index in [9.17, 15) is 9.59 Å². The molecule has 1 aromatic heterocycles. The van der Waals surface area contributed by atoms with Gasteiger partial charge in [0.1, 0.15) is 5.75 Å². The number of anilines is 1. The van der Waals surface area contributed by atoms with Gasteiger partial charge in [-0.05, 0) is 42.0 Å². The minimum Gasteiger partial charge on any atom is -0.497 e. The van der Waals surface area contributed by atoms with Crippen LogP contribution in [0.4, 0.5) is 5.13 Å². The summed E-state index contributed by atoms with van der Waals surface area (Å²) in [5, 5.41) is 8.24. The molecule has 1 heterocycles. The van der Waals surface area contributed by atoms with Gasteiger partial charge in [-0.3, -0.25) is 9.59 Å². The van der Waals surface area contributed by atoms with E-state index in [1.54, 1.807) is 19.2 Å². The summed E-state index contributed by atoms with van der Waals surface area (Å²) in [6.45, 7) is 0. The van der Waals surface area contributed by atoms with Crippen molar-refractivity contribution in [3.8, 4) is 17.0 Å². The first-order chi connectivity index (χ1) is 16.1. The second-order valence-electron chi connectivity index (χ2n) is 7.32. The number of thiazole rings is 1. The average molecular weight is 458 g/mol. The SMILES string of the molecule is COc1ccc(-c2csc(NC(=O)C[C@H](NC(=O)c3ccccc3)c3ccccc3)n2)cc1. The second kappa shape index (κ2) is 10.6. The zero-order valence-corrected chi connectivity index (χ0v) is 18.8. The number of amides is 2. The summed E-state index contributed by atoms with van der Waals surface area (Å²) in [6.07, 6.45) is 0.0834. The number of benzene rings is 3. The minimum atomic E-state index is -0.472. The number of hydrogen-bond donors (Lipinski definition) is 2. The monoisotopic (exact) mass is 457 g/mol. The van der Waals surface area contributed by atoms with Gasteiger partial charge < -0.3 is 15.4 Å². The predicted octanol–water partition coefficient (Wildman–Crippen LogP) is 5.32. The van der Waals surface area contributed by atoms with E-state index in [0.29, 0.717) is 10.7 Å². The lowest BCUT2D eigenvalue weighted by molar-refractivity contribution is -0.116. The molecule has 0 spiro atoms. The number of hydrogen-bond acceptors (Lipinski definition) is 5. The lowest BCUT2D eigenvalue weighted by atomic mass is 10.0. The maximum Gasteiger partial charge on any atom is 0.251 e. The highest BCUT2D eigenvalue weighted by Crippen LogP contribution is 2.27. The van der Waals surface area contributed by atoms with E-state index < -0.39 is 6.04 Å². The van der Waals surface area contributed by atoms with Gasteiger partial charge in [0.05, 0.1) is 25.3 Å². The number of nitrogens with zero attached hydrogens (tertiary/aromatic N) is 1. The number of nitrogens with one attached hydrogen (secondary N) is 2. The van der Waals surface area contributed by atoms with Gasteiger partial charge in [-0.25, -0.2) is 4.98 Å². The van der Waals surface area contributed by atoms with Crippen LogP contribution in [0.1, 0.15) is 28.4 Å². The lowest BCUT2D eigenvalue weighted by Crippen LogP contribution is -2.31. The van der Waals surface area contributed by atoms with Crippen molar-refractivity contribution in [1.29, 1.82) is 0 Å². The molecule has 0 aliphatic carbocycles. The molecule has 4 aromatic rings. The van der Waals surface area contributed by atoms with Gasteiger partial charge in [0.2, 0.25) is 5.91 Å². The Morgan fingerprint density at radius 1 is 0.939 bits per heavy atom. The largest absolute Gasteiger partial charge is 0.497 e. The minimum absolute atomic E-state index is 0.0834. The van der Waals surface area contributed by atoms with Crippen LogP contribution in [0.25, 0.3) is 11.3 Å². The van der Waals surface area contributed by atoms with Crippen molar-refractivity contribution < 1.29 is 14.3 Å². The van der Waals surface area contributed by atoms with E-state index in [-0.39, 0.29) is 18.2 Å². The summed E-state index contributed by atoms with van der Waals surface area (Å²) >= 11 is 1.35. The molecule has 0 radical (unpaired) electrons. The Bertz CT molecular complexity index is 1210. The van der Waals surface area contributed by atoms with E-state index in [0.717, 1.165) is 22.6 Å². The Balaban J connectivity index is 1.44. The highest BCUT2D eigenvalue weighted by molar-refractivity contribution is 7.14. The van der Waals surface area contributed by atoms with Crippen LogP contribution in [-0.4, -0.2) is 23.9 Å². The summed E-state index contributed by atoms with van der Waals surface area (Å²) in [4.78, 5) is 30.1. The number of ether oxygens (including phenoxy) is 1. The fraction of sp³-hybridized carbons (Fsp3) is 0.115. The number of carbonyl (C=O) groups is 2. The molecule has 2 N–H and O–H groups in total. The zero-order chi connectivity index (χ0) is 23.0. The standard InChI is InChI=1S/C26H23N3O3S/c1-32-21-14-12-19(13-15-21)23-17-33-26(28-23)29-24(30)16-22(18-8-4-2-5-9-18)27-25(31)20-10-6-3-7-11-20/h2-15,17,22H,16H2,1H3,(H,27,31)(H,28,29,30)/t22-/m0/s1. The molecule has 2 amide bonds. The highest BCUT2D eigenvalue weighted by atomic mass is 32.1. The van der Waals surface area contributed by atoms with Crippen molar-refractivity contribution in [1.82, 2.24) is 10.3 Å². The Morgan fingerprint density at radius 3 is 2.27 bits per heavy atom. The molecule has 7 heteroatoms. The van der Waals surface area contributed by atoms with Crippen LogP contribution in [-0.2, 0) is 4.79 Å². The fourth-order valence-corrected chi connectivity index (χ4v) is 4.09. The molecule has 0 aliphatic heterocycles. The van der Waals surface area contributed by atoms with Gasteiger partial charge >= 0.3 is 0 Å². The molecule has 33 heavy (non-hydrogen) atoms. The summed E-state index contributed by atoms with van der Waals surface area (Å²) in [5.41, 5.74) is 3.11. The molecule has 0 aliphatic rings. The molecule has 0 bridgehead atoms. The Labute approximate surface area is 196 Å². The number of rotatable bonds is 8. The first-order valence-corrected chi connectivity index (χ1v) is 11.3. The first-order valence-electron chi connectivity index (χ1n) is 10.4. The summed E-state index contributed by atoms with van der Waals surface area (Å²) in [7, 11) is 1.62. The lowest BCUT2D eigenvalue weighted by Gasteiger charge is -2.19. The van der Waals surface area contributed by atoms with E-state index in [1.807, 2.05) is 78.2 Å². The smallest absolute Gasteiger partial charge is 0.251 e. The van der Waals surface area contributed by atoms with Gasteiger partial charge in [0.25, 0.3) is 5.91 Å². The van der Waals surface area contributed by atoms with E-state index >= 15 is 0 Å². The molecule has 0 saturated heterocycles. The van der Waals surface area contributed by atoms with E-state index in [2.05, 4.69) is 15.6 Å². The summed E-state index contributed by atoms with van der Waals surface area (Å²) in [6, 6.07) is 25.5. The van der Waals surface area contributed by atoms with Crippen LogP contribution < -0.4 is 15.4 Å². The summed E-state index contributed by atoms with van der Waals surface area (Å²) < 4.78 is 5.19. The fourth-order valence-electron chi connectivity index (χ4n) is 3.35. The van der Waals surface area contributed by atoms with Crippen molar-refractivity contribution >= 4 is 28.3 Å². The van der Waals surface area contributed by atoms with Crippen molar-refractivity contribution in [2.75, 3.05) is 12.4 Å². The predicted molar refractivity (Wildman–Crippen MR) is 130 cm³/mol. The Hall–Kier alpha value is -3.97. The quantitative estimate of drug-likeness (QED) is 0.375. The molecular weight excluding hydrogens is 434 g/mol. The van der Waals surface area contributed by atoms with E-state index in [4.69, 9.17) is 4.74 Å². The highest BCUT2D eigenvalue weighted by Gasteiger charge is 2.20. The van der Waals surface area contributed by atoms with Gasteiger partial charge in [0, 0.05) is 16.5 Å². The molecule has 166 valence electrons. The van der Waals surface area contributed by atoms with Crippen molar-refractivity contribution in [2.24, 2.45) is 0 Å². The van der Waals surface area contributed by atoms with Crippen LogP contribution in [0.3, 0.4) is 0 Å². The topological polar surface area (TPSA) is 80.3 Å². The van der Waals surface area contributed by atoms with Crippen LogP contribution in [0, 0.1) is 0 Å². The third-order valence-corrected chi connectivity index (χ3v) is 5.83. The first kappa shape index (κ1) is 22.2. The van der Waals surface area contributed by atoms with Gasteiger partial charge in [-0.15, -0.1) is 11.3 Å². The number of carbonyl (C=O) groups excluding carboxylic acids is 2. The van der Waals surface area contributed by atoms with Crippen LogP contribution in [0.5, 0.6) is 5.75 Å². The molecule has 0 saturated carbocycles. The number of aromatic nitrogens is 1. The molecule has 4 rings (SSSR count). The normalized spacial score (nSPS) is 11.4. The third kappa shape index (κ3) is 5.84.